The largest absolute Gasteiger partial charge is 0.395 e. The van der Waals surface area contributed by atoms with Crippen LogP contribution in [0.4, 0.5) is 0 Å². The lowest BCUT2D eigenvalue weighted by Gasteiger charge is -2.20. The van der Waals surface area contributed by atoms with Gasteiger partial charge in [0.25, 0.3) is 5.91 Å². The number of hydrogen-bond donors (Lipinski definition) is 1. The van der Waals surface area contributed by atoms with Crippen LogP contribution in [0.15, 0.2) is 18.6 Å². The van der Waals surface area contributed by atoms with Gasteiger partial charge in [0.2, 0.25) is 0 Å². The number of nitrogens with zero attached hydrogens (tertiary/aromatic N) is 3. The second-order valence-electron chi connectivity index (χ2n) is 3.10. The highest BCUT2D eigenvalue weighted by Crippen LogP contribution is 1.99. The monoisotopic (exact) mass is 225 g/mol. The first-order valence-electron chi connectivity index (χ1n) is 4.94. The summed E-state index contributed by atoms with van der Waals surface area (Å²) < 4.78 is 4.89. The van der Waals surface area contributed by atoms with E-state index in [4.69, 9.17) is 9.84 Å². The number of ether oxygens (including phenoxy) is 1. The minimum Gasteiger partial charge on any atom is -0.395 e. The van der Waals surface area contributed by atoms with Gasteiger partial charge in [0.15, 0.2) is 0 Å². The zero-order valence-electron chi connectivity index (χ0n) is 9.17. The predicted octanol–water partition coefficient (Wildman–Crippen LogP) is -0.443. The van der Waals surface area contributed by atoms with E-state index in [2.05, 4.69) is 9.97 Å². The van der Waals surface area contributed by atoms with Gasteiger partial charge >= 0.3 is 0 Å². The summed E-state index contributed by atoms with van der Waals surface area (Å²) in [7, 11) is 1.56. The van der Waals surface area contributed by atoms with Gasteiger partial charge in [-0.1, -0.05) is 0 Å². The van der Waals surface area contributed by atoms with E-state index in [0.717, 1.165) is 0 Å². The molecule has 1 rings (SSSR count). The summed E-state index contributed by atoms with van der Waals surface area (Å²) in [6.07, 6.45) is 4.36. The number of rotatable bonds is 6. The first kappa shape index (κ1) is 12.5. The molecule has 0 saturated carbocycles. The lowest BCUT2D eigenvalue weighted by atomic mass is 10.3. The summed E-state index contributed by atoms with van der Waals surface area (Å²) in [6.45, 7) is 1.02. The van der Waals surface area contributed by atoms with E-state index >= 15 is 0 Å². The maximum atomic E-state index is 11.9. The van der Waals surface area contributed by atoms with Crippen molar-refractivity contribution in [2.75, 3.05) is 33.4 Å². The molecule has 0 unspecified atom stereocenters. The number of methoxy groups -OCH3 is 1. The average molecular weight is 225 g/mol. The van der Waals surface area contributed by atoms with Crippen molar-refractivity contribution in [1.82, 2.24) is 14.9 Å². The zero-order chi connectivity index (χ0) is 11.8. The minimum absolute atomic E-state index is 0.0876. The molecule has 0 aliphatic carbocycles. The van der Waals surface area contributed by atoms with Crippen LogP contribution >= 0.6 is 0 Å². The van der Waals surface area contributed by atoms with Crippen molar-refractivity contribution in [3.05, 3.63) is 24.3 Å². The van der Waals surface area contributed by atoms with Crippen molar-refractivity contribution in [2.45, 2.75) is 0 Å². The lowest BCUT2D eigenvalue weighted by Crippen LogP contribution is -2.36. The van der Waals surface area contributed by atoms with E-state index in [-0.39, 0.29) is 24.8 Å². The molecule has 0 aliphatic heterocycles. The third-order valence-electron chi connectivity index (χ3n) is 2.00. The SMILES string of the molecule is COCCN(CCO)C(=O)c1cnccn1. The van der Waals surface area contributed by atoms with E-state index in [1.165, 1.54) is 23.5 Å². The van der Waals surface area contributed by atoms with Crippen LogP contribution in [0.25, 0.3) is 0 Å². The number of carbonyl (C=O) groups excluding carboxylic acids is 1. The van der Waals surface area contributed by atoms with E-state index in [9.17, 15) is 4.79 Å². The molecule has 0 spiro atoms. The second-order valence-corrected chi connectivity index (χ2v) is 3.10. The number of aliphatic hydroxyl groups excluding tert-OH is 1. The molecule has 0 atom stereocenters. The number of amides is 1. The molecule has 0 saturated heterocycles. The highest BCUT2D eigenvalue weighted by molar-refractivity contribution is 5.91. The first-order chi connectivity index (χ1) is 7.79. The van der Waals surface area contributed by atoms with E-state index in [0.29, 0.717) is 13.2 Å². The molecule has 6 nitrogen and oxygen atoms in total. The fourth-order valence-corrected chi connectivity index (χ4v) is 1.21. The van der Waals surface area contributed by atoms with E-state index in [1.807, 2.05) is 0 Å². The van der Waals surface area contributed by atoms with Crippen molar-refractivity contribution in [3.63, 3.8) is 0 Å². The molecule has 1 aromatic heterocycles. The Bertz CT molecular complexity index is 318. The second kappa shape index (κ2) is 6.86. The molecule has 88 valence electrons. The van der Waals surface area contributed by atoms with Crippen molar-refractivity contribution in [2.24, 2.45) is 0 Å². The Balaban J connectivity index is 2.67. The molecule has 0 fully saturated rings. The highest BCUT2D eigenvalue weighted by atomic mass is 16.5. The van der Waals surface area contributed by atoms with Crippen LogP contribution in [0.3, 0.4) is 0 Å². The standard InChI is InChI=1S/C10H15N3O3/c1-16-7-5-13(4-6-14)10(15)9-8-11-2-3-12-9/h2-3,8,14H,4-7H2,1H3. The van der Waals surface area contributed by atoms with Crippen LogP contribution in [0.2, 0.25) is 0 Å². The van der Waals surface area contributed by atoms with Crippen molar-refractivity contribution in [3.8, 4) is 0 Å². The van der Waals surface area contributed by atoms with E-state index in [1.54, 1.807) is 7.11 Å². The van der Waals surface area contributed by atoms with Crippen LogP contribution in [-0.2, 0) is 4.74 Å². The molecule has 16 heavy (non-hydrogen) atoms. The van der Waals surface area contributed by atoms with Crippen LogP contribution in [0.5, 0.6) is 0 Å². The van der Waals surface area contributed by atoms with Crippen LogP contribution in [0.1, 0.15) is 10.5 Å². The first-order valence-corrected chi connectivity index (χ1v) is 4.94. The Morgan fingerprint density at radius 1 is 1.50 bits per heavy atom. The van der Waals surface area contributed by atoms with Crippen molar-refractivity contribution < 1.29 is 14.6 Å². The molecule has 6 heteroatoms. The minimum atomic E-state index is -0.251. The molecule has 0 radical (unpaired) electrons. The van der Waals surface area contributed by atoms with Gasteiger partial charge in [0.1, 0.15) is 5.69 Å². The molecule has 1 heterocycles. The lowest BCUT2D eigenvalue weighted by molar-refractivity contribution is 0.0650. The number of aliphatic hydroxyl groups is 1. The van der Waals surface area contributed by atoms with Gasteiger partial charge < -0.3 is 14.7 Å². The van der Waals surface area contributed by atoms with Crippen molar-refractivity contribution in [1.29, 1.82) is 0 Å². The molecular formula is C10H15N3O3. The van der Waals surface area contributed by atoms with Gasteiger partial charge in [-0.3, -0.25) is 9.78 Å². The highest BCUT2D eigenvalue weighted by Gasteiger charge is 2.15. The Morgan fingerprint density at radius 3 is 2.88 bits per heavy atom. The smallest absolute Gasteiger partial charge is 0.274 e. The maximum absolute atomic E-state index is 11.9. The topological polar surface area (TPSA) is 75.6 Å². The third-order valence-corrected chi connectivity index (χ3v) is 2.00. The summed E-state index contributed by atoms with van der Waals surface area (Å²) in [5, 5.41) is 8.86. The third kappa shape index (κ3) is 3.56. The predicted molar refractivity (Wildman–Crippen MR) is 56.9 cm³/mol. The maximum Gasteiger partial charge on any atom is 0.274 e. The zero-order valence-corrected chi connectivity index (χ0v) is 9.17. The average Bonchev–Trinajstić information content (AvgIpc) is 2.35. The Hall–Kier alpha value is -1.53. The van der Waals surface area contributed by atoms with Gasteiger partial charge in [0, 0.05) is 32.6 Å². The fraction of sp³-hybridized carbons (Fsp3) is 0.500. The molecule has 1 N–H and O–H groups in total. The van der Waals surface area contributed by atoms with Crippen LogP contribution < -0.4 is 0 Å². The van der Waals surface area contributed by atoms with Gasteiger partial charge in [0.05, 0.1) is 19.4 Å². The molecule has 1 aromatic rings. The molecule has 0 aliphatic rings. The van der Waals surface area contributed by atoms with Crippen LogP contribution in [-0.4, -0.2) is 59.3 Å². The normalized spacial score (nSPS) is 10.1. The van der Waals surface area contributed by atoms with Gasteiger partial charge in [-0.2, -0.15) is 0 Å². The fourth-order valence-electron chi connectivity index (χ4n) is 1.21. The van der Waals surface area contributed by atoms with Gasteiger partial charge in [-0.15, -0.1) is 0 Å². The number of carbonyl (C=O) groups is 1. The quantitative estimate of drug-likeness (QED) is 0.710. The summed E-state index contributed by atoms with van der Waals surface area (Å²) in [6, 6.07) is 0. The number of hydrogen-bond acceptors (Lipinski definition) is 5. The Morgan fingerprint density at radius 2 is 2.31 bits per heavy atom. The van der Waals surface area contributed by atoms with Gasteiger partial charge in [-0.05, 0) is 0 Å². The molecular weight excluding hydrogens is 210 g/mol. The summed E-state index contributed by atoms with van der Waals surface area (Å²) in [5.74, 6) is -0.251. The van der Waals surface area contributed by atoms with Gasteiger partial charge in [-0.25, -0.2) is 4.98 Å². The molecule has 1 amide bonds. The molecule has 0 bridgehead atoms. The Kier molecular flexibility index (Phi) is 5.38. The summed E-state index contributed by atoms with van der Waals surface area (Å²) in [4.78, 5) is 21.1. The Labute approximate surface area is 93.9 Å². The molecule has 0 aromatic carbocycles. The summed E-state index contributed by atoms with van der Waals surface area (Å²) in [5.41, 5.74) is 0.270. The van der Waals surface area contributed by atoms with Crippen molar-refractivity contribution >= 4 is 5.91 Å². The van der Waals surface area contributed by atoms with E-state index < -0.39 is 0 Å². The number of aromatic nitrogens is 2. The summed E-state index contributed by atoms with van der Waals surface area (Å²) >= 11 is 0. The van der Waals surface area contributed by atoms with Crippen LogP contribution in [0, 0.1) is 0 Å².